The summed E-state index contributed by atoms with van der Waals surface area (Å²) >= 11 is 1.44. The first-order chi connectivity index (χ1) is 30.7. The molecule has 64 heavy (non-hydrogen) atoms. The average molecular weight is 899 g/mol. The molecule has 3 aromatic carbocycles. The number of thioether (sulfide) groups is 1. The Morgan fingerprint density at radius 2 is 1.50 bits per heavy atom. The maximum Gasteiger partial charge on any atom is 0.326 e. The van der Waals surface area contributed by atoms with E-state index in [9.17, 15) is 43.8 Å². The molecule has 9 N–H and O–H groups in total. The van der Waals surface area contributed by atoms with Crippen molar-refractivity contribution in [1.82, 2.24) is 41.8 Å². The van der Waals surface area contributed by atoms with Gasteiger partial charge in [-0.3, -0.25) is 24.0 Å². The van der Waals surface area contributed by atoms with Gasteiger partial charge in [0.05, 0.1) is 0 Å². The Kier molecular flexibility index (Phi) is 18.0. The number of hydrogen-bond donors (Lipinski definition) is 9. The molecule has 1 aliphatic heterocycles. The van der Waals surface area contributed by atoms with Crippen LogP contribution in [0.1, 0.15) is 55.7 Å². The monoisotopic (exact) mass is 898 g/mol. The van der Waals surface area contributed by atoms with Gasteiger partial charge in [-0.05, 0) is 92.3 Å². The second-order valence-electron chi connectivity index (χ2n) is 15.9. The SMILES string of the molecule is CSCCC1NC(=O)C(NC(=O)NC(Cc2c[nH]c3ccccc23)C(=O)O)CCCCNC(=O)C(Cc2ccccc2)NC(=O)C(C)N(C)C(=O)C(CCc2ccc(O)cc2)NC1=O. The van der Waals surface area contributed by atoms with E-state index in [1.54, 1.807) is 18.3 Å². The summed E-state index contributed by atoms with van der Waals surface area (Å²) in [5, 5.41) is 37.1. The third-order valence-electron chi connectivity index (χ3n) is 11.3. The number of aromatic hydroxyl groups is 1. The van der Waals surface area contributed by atoms with Gasteiger partial charge in [-0.1, -0.05) is 60.7 Å². The van der Waals surface area contributed by atoms with Gasteiger partial charge in [0.25, 0.3) is 0 Å². The van der Waals surface area contributed by atoms with Gasteiger partial charge in [0.15, 0.2) is 0 Å². The molecule has 0 spiro atoms. The summed E-state index contributed by atoms with van der Waals surface area (Å²) < 4.78 is 0. The second-order valence-corrected chi connectivity index (χ2v) is 16.9. The molecule has 1 aromatic heterocycles. The maximum atomic E-state index is 14.3. The molecule has 0 radical (unpaired) electrons. The number of aryl methyl sites for hydroxylation is 1. The minimum absolute atomic E-state index is 0.0480. The highest BCUT2D eigenvalue weighted by atomic mass is 32.2. The first kappa shape index (κ1) is 48.5. The number of aromatic amines is 1. The lowest BCUT2D eigenvalue weighted by Gasteiger charge is -2.31. The minimum Gasteiger partial charge on any atom is -0.508 e. The van der Waals surface area contributed by atoms with Gasteiger partial charge in [0, 0.05) is 43.5 Å². The van der Waals surface area contributed by atoms with Gasteiger partial charge in [0.2, 0.25) is 29.5 Å². The van der Waals surface area contributed by atoms with Crippen LogP contribution in [0.25, 0.3) is 10.9 Å². The van der Waals surface area contributed by atoms with Crippen molar-refractivity contribution in [1.29, 1.82) is 0 Å². The number of aliphatic carboxylic acids is 1. The van der Waals surface area contributed by atoms with Crippen molar-refractivity contribution in [3.8, 4) is 5.75 Å². The van der Waals surface area contributed by atoms with E-state index < -0.39 is 77.8 Å². The van der Waals surface area contributed by atoms with Gasteiger partial charge >= 0.3 is 12.0 Å². The molecule has 6 unspecified atom stereocenters. The molecule has 4 aromatic rings. The lowest BCUT2D eigenvalue weighted by Crippen LogP contribution is -2.59. The van der Waals surface area contributed by atoms with E-state index in [2.05, 4.69) is 36.9 Å². The van der Waals surface area contributed by atoms with Crippen molar-refractivity contribution in [2.24, 2.45) is 0 Å². The number of aromatic nitrogens is 1. The Bertz CT molecular complexity index is 2240. The Labute approximate surface area is 376 Å². The van der Waals surface area contributed by atoms with Crippen molar-refractivity contribution in [3.05, 3.63) is 102 Å². The minimum atomic E-state index is -1.36. The molecule has 1 aliphatic rings. The van der Waals surface area contributed by atoms with E-state index in [0.29, 0.717) is 30.6 Å². The fourth-order valence-electron chi connectivity index (χ4n) is 7.40. The summed E-state index contributed by atoms with van der Waals surface area (Å²) in [6, 6.07) is 14.9. The fraction of sp³-hybridized carbons (Fsp3) is 0.413. The molecule has 2 heterocycles. The number of carboxylic acid groups (broad SMARTS) is 1. The molecule has 18 heteroatoms. The fourth-order valence-corrected chi connectivity index (χ4v) is 7.87. The highest BCUT2D eigenvalue weighted by Gasteiger charge is 2.34. The molecule has 5 rings (SSSR count). The van der Waals surface area contributed by atoms with Crippen molar-refractivity contribution in [2.75, 3.05) is 25.6 Å². The molecule has 1 saturated heterocycles. The number of amides is 7. The number of likely N-dealkylation sites (N-methyl/N-ethyl adjacent to an activating group) is 1. The normalized spacial score (nSPS) is 21.3. The molecular weight excluding hydrogens is 841 g/mol. The van der Waals surface area contributed by atoms with Crippen molar-refractivity contribution < 1.29 is 43.8 Å². The van der Waals surface area contributed by atoms with Gasteiger partial charge in [-0.25, -0.2) is 9.59 Å². The van der Waals surface area contributed by atoms with Crippen molar-refractivity contribution in [2.45, 2.75) is 94.5 Å². The van der Waals surface area contributed by atoms with Crippen LogP contribution in [0.5, 0.6) is 5.75 Å². The quantitative estimate of drug-likeness (QED) is 0.0950. The molecule has 7 amide bonds. The molecule has 17 nitrogen and oxygen atoms in total. The third kappa shape index (κ3) is 14.0. The van der Waals surface area contributed by atoms with Crippen molar-refractivity contribution in [3.63, 3.8) is 0 Å². The second kappa shape index (κ2) is 23.8. The predicted molar refractivity (Wildman–Crippen MR) is 243 cm³/mol. The number of fused-ring (bicyclic) bond motifs is 1. The number of carbonyl (C=O) groups is 7. The van der Waals surface area contributed by atoms with Gasteiger partial charge in [-0.15, -0.1) is 0 Å². The van der Waals surface area contributed by atoms with E-state index in [-0.39, 0.29) is 44.4 Å². The molecule has 6 atom stereocenters. The van der Waals surface area contributed by atoms with Crippen LogP contribution in [0.2, 0.25) is 0 Å². The van der Waals surface area contributed by atoms with E-state index in [1.165, 1.54) is 42.8 Å². The van der Waals surface area contributed by atoms with Crippen molar-refractivity contribution >= 4 is 64.2 Å². The van der Waals surface area contributed by atoms with E-state index in [4.69, 9.17) is 0 Å². The average Bonchev–Trinajstić information content (AvgIpc) is 3.70. The summed E-state index contributed by atoms with van der Waals surface area (Å²) in [7, 11) is 1.44. The molecular formula is C46H58N8O9S. The number of phenolic OH excluding ortho intramolecular Hbond substituents is 1. The first-order valence-electron chi connectivity index (χ1n) is 21.3. The summed E-state index contributed by atoms with van der Waals surface area (Å²) in [6.07, 6.45) is 4.88. The van der Waals surface area contributed by atoms with Crippen LogP contribution in [0.4, 0.5) is 4.79 Å². The van der Waals surface area contributed by atoms with Crippen LogP contribution >= 0.6 is 11.8 Å². The Morgan fingerprint density at radius 1 is 0.812 bits per heavy atom. The Morgan fingerprint density at radius 3 is 2.22 bits per heavy atom. The van der Waals surface area contributed by atoms with Crippen LogP contribution in [-0.4, -0.2) is 123 Å². The summed E-state index contributed by atoms with van der Waals surface area (Å²) in [5.41, 5.74) is 3.03. The largest absolute Gasteiger partial charge is 0.508 e. The number of nitrogens with one attached hydrogen (secondary N) is 7. The summed E-state index contributed by atoms with van der Waals surface area (Å²) in [4.78, 5) is 100. The number of carboxylic acids is 1. The lowest BCUT2D eigenvalue weighted by molar-refractivity contribution is -0.142. The molecule has 0 bridgehead atoms. The number of benzene rings is 3. The standard InChI is InChI=1S/C46H58N8O9S/c1-28-40(56)51-38(25-30-11-5-4-6-12-30)41(57)47-23-10-9-15-35(52-46(63)53-39(45(61)62)26-31-27-48-34-14-8-7-13-33(31)34)42(58)49-36(22-24-64-3)43(59)50-37(44(60)54(28)2)21-18-29-16-19-32(55)20-17-29/h4-8,11-14,16-17,19-20,27-28,35-39,48,55H,9-10,15,18,21-26H2,1-3H3,(H,47,57)(H,49,58)(H,50,59)(H,51,56)(H,61,62)(H2,52,53,63). The molecule has 1 fully saturated rings. The molecule has 0 saturated carbocycles. The Hall–Kier alpha value is -6.56. The van der Waals surface area contributed by atoms with Crippen LogP contribution in [0, 0.1) is 0 Å². The Balaban J connectivity index is 1.41. The van der Waals surface area contributed by atoms with E-state index in [1.807, 2.05) is 60.9 Å². The van der Waals surface area contributed by atoms with Crippen LogP contribution in [0.15, 0.2) is 85.1 Å². The zero-order chi connectivity index (χ0) is 46.2. The zero-order valence-electron chi connectivity index (χ0n) is 36.2. The van der Waals surface area contributed by atoms with Crippen LogP contribution in [0.3, 0.4) is 0 Å². The third-order valence-corrected chi connectivity index (χ3v) is 11.9. The van der Waals surface area contributed by atoms with E-state index >= 15 is 0 Å². The molecule has 0 aliphatic carbocycles. The predicted octanol–water partition coefficient (Wildman–Crippen LogP) is 2.77. The number of H-pyrrole nitrogens is 1. The van der Waals surface area contributed by atoms with Gasteiger partial charge < -0.3 is 52.0 Å². The topological polar surface area (TPSA) is 251 Å². The van der Waals surface area contributed by atoms with E-state index in [0.717, 1.165) is 22.0 Å². The first-order valence-corrected chi connectivity index (χ1v) is 22.7. The number of hydrogen-bond acceptors (Lipinski definition) is 9. The number of urea groups is 1. The van der Waals surface area contributed by atoms with Crippen LogP contribution in [-0.2, 0) is 48.0 Å². The zero-order valence-corrected chi connectivity index (χ0v) is 37.0. The van der Waals surface area contributed by atoms with Gasteiger partial charge in [-0.2, -0.15) is 11.8 Å². The number of phenols is 1. The number of para-hydroxylation sites is 1. The number of carbonyl (C=O) groups excluding carboxylic acids is 6. The highest BCUT2D eigenvalue weighted by molar-refractivity contribution is 7.98. The summed E-state index contributed by atoms with van der Waals surface area (Å²) in [6.45, 7) is 1.68. The molecule has 342 valence electrons. The van der Waals surface area contributed by atoms with Gasteiger partial charge in [0.1, 0.15) is 42.0 Å². The number of nitrogens with zero attached hydrogens (tertiary/aromatic N) is 1. The summed E-state index contributed by atoms with van der Waals surface area (Å²) in [5.74, 6) is -3.81. The number of rotatable bonds is 13. The smallest absolute Gasteiger partial charge is 0.326 e. The van der Waals surface area contributed by atoms with Crippen LogP contribution < -0.4 is 31.9 Å². The maximum absolute atomic E-state index is 14.3. The highest BCUT2D eigenvalue weighted by Crippen LogP contribution is 2.20. The lowest BCUT2D eigenvalue weighted by atomic mass is 10.0.